The molecule has 0 spiro atoms. The SMILES string of the molecule is CCC(CCO)NC(=O)c1[nH]c2ccc(C)cc2c1C. The fourth-order valence-corrected chi connectivity index (χ4v) is 2.46. The molecule has 1 atom stereocenters. The molecule has 4 nitrogen and oxygen atoms in total. The number of hydrogen-bond acceptors (Lipinski definition) is 2. The van der Waals surface area contributed by atoms with Gasteiger partial charge in [0.2, 0.25) is 0 Å². The zero-order valence-corrected chi connectivity index (χ0v) is 12.3. The van der Waals surface area contributed by atoms with Crippen molar-refractivity contribution in [1.29, 1.82) is 0 Å². The number of aromatic amines is 1. The minimum absolute atomic E-state index is 0.0139. The number of fused-ring (bicyclic) bond motifs is 1. The Balaban J connectivity index is 2.28. The van der Waals surface area contributed by atoms with Gasteiger partial charge in [-0.05, 0) is 44.4 Å². The molecule has 0 saturated carbocycles. The van der Waals surface area contributed by atoms with E-state index in [1.165, 1.54) is 5.56 Å². The van der Waals surface area contributed by atoms with E-state index >= 15 is 0 Å². The summed E-state index contributed by atoms with van der Waals surface area (Å²) in [6, 6.07) is 6.13. The summed E-state index contributed by atoms with van der Waals surface area (Å²) in [7, 11) is 0. The van der Waals surface area contributed by atoms with Crippen LogP contribution in [-0.2, 0) is 0 Å². The fourth-order valence-electron chi connectivity index (χ4n) is 2.46. The number of carbonyl (C=O) groups excluding carboxylic acids is 1. The zero-order valence-electron chi connectivity index (χ0n) is 12.3. The third-order valence-electron chi connectivity index (χ3n) is 3.75. The average molecular weight is 274 g/mol. The Labute approximate surface area is 119 Å². The van der Waals surface area contributed by atoms with Crippen LogP contribution in [0.2, 0.25) is 0 Å². The lowest BCUT2D eigenvalue weighted by molar-refractivity contribution is 0.0924. The molecule has 0 fully saturated rings. The van der Waals surface area contributed by atoms with Crippen LogP contribution in [0, 0.1) is 13.8 Å². The first-order chi connectivity index (χ1) is 9.56. The highest BCUT2D eigenvalue weighted by Crippen LogP contribution is 2.23. The molecule has 2 aromatic rings. The third kappa shape index (κ3) is 2.85. The van der Waals surface area contributed by atoms with Crippen LogP contribution in [-0.4, -0.2) is 28.6 Å². The van der Waals surface area contributed by atoms with Gasteiger partial charge in [-0.1, -0.05) is 18.6 Å². The molecule has 0 radical (unpaired) electrons. The number of aliphatic hydroxyl groups excluding tert-OH is 1. The number of carbonyl (C=O) groups is 1. The minimum atomic E-state index is -0.100. The standard InChI is InChI=1S/C16H22N2O2/c1-4-12(7-8-19)17-16(20)15-11(3)13-9-10(2)5-6-14(13)18-15/h5-6,9,12,18-19H,4,7-8H2,1-3H3,(H,17,20). The highest BCUT2D eigenvalue weighted by atomic mass is 16.3. The first-order valence-corrected chi connectivity index (χ1v) is 7.07. The third-order valence-corrected chi connectivity index (χ3v) is 3.75. The molecule has 1 unspecified atom stereocenters. The fraction of sp³-hybridized carbons (Fsp3) is 0.438. The van der Waals surface area contributed by atoms with E-state index in [2.05, 4.69) is 16.4 Å². The summed E-state index contributed by atoms with van der Waals surface area (Å²) in [5.41, 5.74) is 3.74. The second-order valence-corrected chi connectivity index (χ2v) is 5.26. The van der Waals surface area contributed by atoms with Crippen LogP contribution >= 0.6 is 0 Å². The Morgan fingerprint density at radius 3 is 2.80 bits per heavy atom. The lowest BCUT2D eigenvalue weighted by Gasteiger charge is -2.15. The van der Waals surface area contributed by atoms with Crippen molar-refractivity contribution in [2.24, 2.45) is 0 Å². The van der Waals surface area contributed by atoms with E-state index in [4.69, 9.17) is 5.11 Å². The van der Waals surface area contributed by atoms with Crippen LogP contribution in [0.1, 0.15) is 41.4 Å². The van der Waals surface area contributed by atoms with Gasteiger partial charge >= 0.3 is 0 Å². The monoisotopic (exact) mass is 274 g/mol. The van der Waals surface area contributed by atoms with E-state index in [9.17, 15) is 4.79 Å². The first kappa shape index (κ1) is 14.6. The van der Waals surface area contributed by atoms with E-state index in [0.717, 1.165) is 22.9 Å². The number of nitrogens with one attached hydrogen (secondary N) is 2. The van der Waals surface area contributed by atoms with Crippen LogP contribution in [0.5, 0.6) is 0 Å². The van der Waals surface area contributed by atoms with Gasteiger partial charge in [0.05, 0.1) is 0 Å². The summed E-state index contributed by atoms with van der Waals surface area (Å²) < 4.78 is 0. The quantitative estimate of drug-likeness (QED) is 0.785. The van der Waals surface area contributed by atoms with E-state index in [1.807, 2.05) is 32.9 Å². The van der Waals surface area contributed by atoms with Crippen LogP contribution < -0.4 is 5.32 Å². The Morgan fingerprint density at radius 1 is 1.40 bits per heavy atom. The molecular formula is C16H22N2O2. The Bertz CT molecular complexity index is 616. The lowest BCUT2D eigenvalue weighted by atomic mass is 10.1. The topological polar surface area (TPSA) is 65.1 Å². The summed E-state index contributed by atoms with van der Waals surface area (Å²) in [6.45, 7) is 6.09. The van der Waals surface area contributed by atoms with Crippen molar-refractivity contribution >= 4 is 16.8 Å². The van der Waals surface area contributed by atoms with Crippen molar-refractivity contribution in [1.82, 2.24) is 10.3 Å². The molecule has 20 heavy (non-hydrogen) atoms. The molecule has 0 aliphatic heterocycles. The predicted octanol–water partition coefficient (Wildman–Crippen LogP) is 2.68. The number of hydrogen-bond donors (Lipinski definition) is 3. The number of rotatable bonds is 5. The summed E-state index contributed by atoms with van der Waals surface area (Å²) in [6.07, 6.45) is 1.39. The van der Waals surface area contributed by atoms with Gasteiger partial charge in [-0.3, -0.25) is 4.79 Å². The molecule has 108 valence electrons. The molecule has 1 aromatic carbocycles. The smallest absolute Gasteiger partial charge is 0.268 e. The normalized spacial score (nSPS) is 12.6. The maximum absolute atomic E-state index is 12.3. The van der Waals surface area contributed by atoms with E-state index < -0.39 is 0 Å². The molecule has 4 heteroatoms. The van der Waals surface area contributed by atoms with Crippen molar-refractivity contribution in [2.75, 3.05) is 6.61 Å². The summed E-state index contributed by atoms with van der Waals surface area (Å²) >= 11 is 0. The molecule has 0 saturated heterocycles. The molecule has 0 aliphatic rings. The molecule has 2 rings (SSSR count). The zero-order chi connectivity index (χ0) is 14.7. The predicted molar refractivity (Wildman–Crippen MR) is 81.0 cm³/mol. The number of amides is 1. The van der Waals surface area contributed by atoms with Gasteiger partial charge in [0.1, 0.15) is 5.69 Å². The van der Waals surface area contributed by atoms with E-state index in [0.29, 0.717) is 12.1 Å². The summed E-state index contributed by atoms with van der Waals surface area (Å²) in [5, 5.41) is 13.1. The van der Waals surface area contributed by atoms with E-state index in [1.54, 1.807) is 0 Å². The van der Waals surface area contributed by atoms with Gasteiger partial charge in [0.15, 0.2) is 0 Å². The van der Waals surface area contributed by atoms with Crippen LogP contribution in [0.25, 0.3) is 10.9 Å². The molecule has 3 N–H and O–H groups in total. The van der Waals surface area contributed by atoms with Crippen molar-refractivity contribution in [3.63, 3.8) is 0 Å². The van der Waals surface area contributed by atoms with Crippen LogP contribution in [0.4, 0.5) is 0 Å². The van der Waals surface area contributed by atoms with Crippen LogP contribution in [0.3, 0.4) is 0 Å². The summed E-state index contributed by atoms with van der Waals surface area (Å²) in [4.78, 5) is 15.5. The van der Waals surface area contributed by atoms with Gasteiger partial charge in [-0.2, -0.15) is 0 Å². The van der Waals surface area contributed by atoms with Gasteiger partial charge in [0, 0.05) is 23.6 Å². The molecular weight excluding hydrogens is 252 g/mol. The number of aromatic nitrogens is 1. The first-order valence-electron chi connectivity index (χ1n) is 7.07. The second kappa shape index (κ2) is 6.09. The van der Waals surface area contributed by atoms with Crippen molar-refractivity contribution in [2.45, 2.75) is 39.7 Å². The number of aryl methyl sites for hydroxylation is 2. The van der Waals surface area contributed by atoms with E-state index in [-0.39, 0.29) is 18.6 Å². The van der Waals surface area contributed by atoms with Gasteiger partial charge in [0.25, 0.3) is 5.91 Å². The molecule has 0 bridgehead atoms. The number of H-pyrrole nitrogens is 1. The Morgan fingerprint density at radius 2 is 2.15 bits per heavy atom. The molecule has 0 aliphatic carbocycles. The number of benzene rings is 1. The Hall–Kier alpha value is -1.81. The second-order valence-electron chi connectivity index (χ2n) is 5.26. The maximum atomic E-state index is 12.3. The molecule has 1 heterocycles. The average Bonchev–Trinajstić information content (AvgIpc) is 2.75. The largest absolute Gasteiger partial charge is 0.396 e. The lowest BCUT2D eigenvalue weighted by Crippen LogP contribution is -2.35. The highest BCUT2D eigenvalue weighted by molar-refractivity contribution is 6.01. The summed E-state index contributed by atoms with van der Waals surface area (Å²) in [5.74, 6) is -0.100. The van der Waals surface area contributed by atoms with Crippen LogP contribution in [0.15, 0.2) is 18.2 Å². The van der Waals surface area contributed by atoms with Gasteiger partial charge in [-0.25, -0.2) is 0 Å². The van der Waals surface area contributed by atoms with Crippen molar-refractivity contribution < 1.29 is 9.90 Å². The highest BCUT2D eigenvalue weighted by Gasteiger charge is 2.17. The Kier molecular flexibility index (Phi) is 4.45. The number of aliphatic hydroxyl groups is 1. The van der Waals surface area contributed by atoms with Gasteiger partial charge in [-0.15, -0.1) is 0 Å². The van der Waals surface area contributed by atoms with Crippen molar-refractivity contribution in [3.8, 4) is 0 Å². The van der Waals surface area contributed by atoms with Crippen molar-refractivity contribution in [3.05, 3.63) is 35.0 Å². The minimum Gasteiger partial charge on any atom is -0.396 e. The maximum Gasteiger partial charge on any atom is 0.268 e. The molecule has 1 amide bonds. The molecule has 1 aromatic heterocycles. The van der Waals surface area contributed by atoms with Gasteiger partial charge < -0.3 is 15.4 Å².